The van der Waals surface area contributed by atoms with Crippen molar-refractivity contribution in [2.24, 2.45) is 0 Å². The smallest absolute Gasteiger partial charge is 0.378 e. The summed E-state index contributed by atoms with van der Waals surface area (Å²) in [6.45, 7) is 2.46. The van der Waals surface area contributed by atoms with Crippen LogP contribution in [0.25, 0.3) is 0 Å². The first kappa shape index (κ1) is 21.0. The summed E-state index contributed by atoms with van der Waals surface area (Å²) in [7, 11) is 0. The fourth-order valence-corrected chi connectivity index (χ4v) is 2.49. The summed E-state index contributed by atoms with van der Waals surface area (Å²) in [4.78, 5) is 25.8. The number of carbonyl (C=O) groups excluding carboxylic acids is 2. The molecular weight excluding hydrogens is 382 g/mol. The Morgan fingerprint density at radius 2 is 1.48 bits per heavy atom. The first-order valence-electron chi connectivity index (χ1n) is 7.86. The lowest BCUT2D eigenvalue weighted by atomic mass is 10.0. The van der Waals surface area contributed by atoms with Crippen LogP contribution < -0.4 is 5.32 Å². The van der Waals surface area contributed by atoms with Crippen LogP contribution in [-0.4, -0.2) is 49.1 Å². The molecule has 1 saturated heterocycles. The van der Waals surface area contributed by atoms with Crippen molar-refractivity contribution in [1.29, 1.82) is 0 Å². The van der Waals surface area contributed by atoms with Crippen LogP contribution in [0.4, 0.5) is 26.3 Å². The minimum atomic E-state index is -5.06. The molecule has 1 aliphatic heterocycles. The van der Waals surface area contributed by atoms with E-state index in [9.17, 15) is 35.9 Å². The quantitative estimate of drug-likeness (QED) is 0.797. The summed E-state index contributed by atoms with van der Waals surface area (Å²) < 4.78 is 82.2. The molecule has 1 heterocycles. The molecule has 1 aromatic carbocycles. The molecule has 150 valence electrons. The lowest BCUT2D eigenvalue weighted by Crippen LogP contribution is -2.50. The van der Waals surface area contributed by atoms with Crippen LogP contribution in [0.3, 0.4) is 0 Å². The van der Waals surface area contributed by atoms with E-state index in [0.717, 1.165) is 0 Å². The highest BCUT2D eigenvalue weighted by Gasteiger charge is 2.37. The molecule has 11 heteroatoms. The van der Waals surface area contributed by atoms with Gasteiger partial charge in [0.25, 0.3) is 5.91 Å². The van der Waals surface area contributed by atoms with Crippen molar-refractivity contribution in [1.82, 2.24) is 10.2 Å². The first-order chi connectivity index (χ1) is 12.4. The number of nitrogens with one attached hydrogen (secondary N) is 1. The second-order valence-corrected chi connectivity index (χ2v) is 5.93. The fraction of sp³-hybridized carbons (Fsp3) is 0.500. The normalized spacial score (nSPS) is 16.8. The fourth-order valence-electron chi connectivity index (χ4n) is 2.49. The highest BCUT2D eigenvalue weighted by molar-refractivity contribution is 5.97. The number of ether oxygens (including phenoxy) is 1. The summed E-state index contributed by atoms with van der Waals surface area (Å²) in [6.07, 6.45) is -10.1. The molecule has 1 aliphatic rings. The summed E-state index contributed by atoms with van der Waals surface area (Å²) >= 11 is 0. The van der Waals surface area contributed by atoms with Gasteiger partial charge in [-0.3, -0.25) is 9.59 Å². The molecule has 5 nitrogen and oxygen atoms in total. The molecule has 1 atom stereocenters. The third-order valence-corrected chi connectivity index (χ3v) is 3.89. The van der Waals surface area contributed by atoms with Gasteiger partial charge in [0, 0.05) is 18.7 Å². The molecule has 1 aromatic rings. The zero-order chi connectivity index (χ0) is 20.4. The zero-order valence-corrected chi connectivity index (χ0v) is 14.1. The van der Waals surface area contributed by atoms with E-state index in [1.807, 2.05) is 0 Å². The molecule has 0 aliphatic carbocycles. The third kappa shape index (κ3) is 5.34. The largest absolute Gasteiger partial charge is 0.416 e. The van der Waals surface area contributed by atoms with Crippen LogP contribution in [0.2, 0.25) is 0 Å². The first-order valence-corrected chi connectivity index (χ1v) is 7.86. The summed E-state index contributed by atoms with van der Waals surface area (Å²) in [5.41, 5.74) is -4.04. The SMILES string of the molecule is CC(NC(=O)c1cc(C(F)(F)F)cc(C(F)(F)F)c1)C(=O)N1CCOCC1. The number of halogens is 6. The molecule has 2 amide bonds. The number of amides is 2. The number of morpholine rings is 1. The molecule has 0 bridgehead atoms. The van der Waals surface area contributed by atoms with Crippen molar-refractivity contribution >= 4 is 11.8 Å². The van der Waals surface area contributed by atoms with Crippen molar-refractivity contribution in [3.8, 4) is 0 Å². The molecule has 1 unspecified atom stereocenters. The Labute approximate surface area is 150 Å². The second kappa shape index (κ2) is 7.75. The average Bonchev–Trinajstić information content (AvgIpc) is 2.59. The Bertz CT molecular complexity index is 679. The van der Waals surface area contributed by atoms with Crippen LogP contribution in [-0.2, 0) is 21.9 Å². The van der Waals surface area contributed by atoms with Crippen molar-refractivity contribution in [3.05, 3.63) is 34.9 Å². The van der Waals surface area contributed by atoms with E-state index in [4.69, 9.17) is 4.74 Å². The third-order valence-electron chi connectivity index (χ3n) is 3.89. The van der Waals surface area contributed by atoms with E-state index < -0.39 is 46.9 Å². The number of rotatable bonds is 3. The van der Waals surface area contributed by atoms with E-state index in [0.29, 0.717) is 25.3 Å². The number of benzene rings is 1. The van der Waals surface area contributed by atoms with Crippen molar-refractivity contribution < 1.29 is 40.7 Å². The van der Waals surface area contributed by atoms with E-state index >= 15 is 0 Å². The van der Waals surface area contributed by atoms with Gasteiger partial charge < -0.3 is 15.0 Å². The predicted octanol–water partition coefficient (Wildman–Crippen LogP) is 2.70. The maximum Gasteiger partial charge on any atom is 0.416 e. The van der Waals surface area contributed by atoms with Gasteiger partial charge in [0.05, 0.1) is 24.3 Å². The minimum absolute atomic E-state index is 0.0703. The lowest BCUT2D eigenvalue weighted by molar-refractivity contribution is -0.143. The topological polar surface area (TPSA) is 58.6 Å². The predicted molar refractivity (Wildman–Crippen MR) is 80.8 cm³/mol. The van der Waals surface area contributed by atoms with Gasteiger partial charge in [-0.05, 0) is 25.1 Å². The highest BCUT2D eigenvalue weighted by Crippen LogP contribution is 2.36. The molecule has 0 aromatic heterocycles. The monoisotopic (exact) mass is 398 g/mol. The van der Waals surface area contributed by atoms with Crippen LogP contribution in [0.15, 0.2) is 18.2 Å². The number of hydrogen-bond donors (Lipinski definition) is 1. The molecular formula is C16H16F6N2O3. The highest BCUT2D eigenvalue weighted by atomic mass is 19.4. The molecule has 0 radical (unpaired) electrons. The van der Waals surface area contributed by atoms with Crippen molar-refractivity contribution in [2.45, 2.75) is 25.3 Å². The van der Waals surface area contributed by atoms with Gasteiger partial charge in [0.2, 0.25) is 5.91 Å². The lowest BCUT2D eigenvalue weighted by Gasteiger charge is -2.29. The van der Waals surface area contributed by atoms with Crippen LogP contribution in [0.5, 0.6) is 0 Å². The van der Waals surface area contributed by atoms with Gasteiger partial charge in [0.15, 0.2) is 0 Å². The Hall–Kier alpha value is -2.30. The molecule has 1 N–H and O–H groups in total. The number of alkyl halides is 6. The second-order valence-electron chi connectivity index (χ2n) is 5.93. The number of nitrogens with zero attached hydrogens (tertiary/aromatic N) is 1. The number of carbonyl (C=O) groups is 2. The minimum Gasteiger partial charge on any atom is -0.378 e. The van der Waals surface area contributed by atoms with Crippen LogP contribution >= 0.6 is 0 Å². The van der Waals surface area contributed by atoms with Gasteiger partial charge in [-0.1, -0.05) is 0 Å². The summed E-state index contributed by atoms with van der Waals surface area (Å²) in [5, 5.41) is 2.14. The zero-order valence-electron chi connectivity index (χ0n) is 14.1. The summed E-state index contributed by atoms with van der Waals surface area (Å²) in [6, 6.07) is -0.564. The Balaban J connectivity index is 2.22. The Kier molecular flexibility index (Phi) is 6.03. The molecule has 0 saturated carbocycles. The van der Waals surface area contributed by atoms with Gasteiger partial charge in [0.1, 0.15) is 6.04 Å². The van der Waals surface area contributed by atoms with E-state index in [2.05, 4.69) is 5.32 Å². The Morgan fingerprint density at radius 3 is 1.93 bits per heavy atom. The Morgan fingerprint density at radius 1 is 1.00 bits per heavy atom. The van der Waals surface area contributed by atoms with Crippen molar-refractivity contribution in [2.75, 3.05) is 26.3 Å². The molecule has 0 spiro atoms. The molecule has 1 fully saturated rings. The van der Waals surface area contributed by atoms with Gasteiger partial charge in [-0.15, -0.1) is 0 Å². The molecule has 2 rings (SSSR count). The molecule has 27 heavy (non-hydrogen) atoms. The number of hydrogen-bond acceptors (Lipinski definition) is 3. The van der Waals surface area contributed by atoms with Crippen LogP contribution in [0, 0.1) is 0 Å². The van der Waals surface area contributed by atoms with Gasteiger partial charge in [-0.2, -0.15) is 26.3 Å². The average molecular weight is 398 g/mol. The standard InChI is InChI=1S/C16H16F6N2O3/c1-9(14(26)24-2-4-27-5-3-24)23-13(25)10-6-11(15(17,18)19)8-12(7-10)16(20,21)22/h6-9H,2-5H2,1H3,(H,23,25). The van der Waals surface area contributed by atoms with E-state index in [1.54, 1.807) is 0 Å². The van der Waals surface area contributed by atoms with Gasteiger partial charge >= 0.3 is 12.4 Å². The van der Waals surface area contributed by atoms with Crippen molar-refractivity contribution in [3.63, 3.8) is 0 Å². The van der Waals surface area contributed by atoms with E-state index in [1.165, 1.54) is 11.8 Å². The van der Waals surface area contributed by atoms with Crippen LogP contribution in [0.1, 0.15) is 28.4 Å². The van der Waals surface area contributed by atoms with E-state index in [-0.39, 0.29) is 19.2 Å². The maximum atomic E-state index is 12.9. The summed E-state index contributed by atoms with van der Waals surface area (Å²) in [5.74, 6) is -1.71. The van der Waals surface area contributed by atoms with Gasteiger partial charge in [-0.25, -0.2) is 0 Å². The maximum absolute atomic E-state index is 12.9.